The maximum absolute atomic E-state index is 10.1. The average Bonchev–Trinajstić information content (AvgIpc) is 2.66. The number of β-amino-alcohol motifs (C(OH)–C–C–N with tert-alkyl or cyclic N) is 2. The molecule has 1 aromatic carbocycles. The van der Waals surface area contributed by atoms with Crippen LogP contribution in [0.4, 0.5) is 0 Å². The van der Waals surface area contributed by atoms with Crippen molar-refractivity contribution in [3.63, 3.8) is 0 Å². The molecule has 1 aromatic rings. The van der Waals surface area contributed by atoms with Crippen LogP contribution in [0.1, 0.15) is 18.1 Å². The predicted molar refractivity (Wildman–Crippen MR) is 72.2 cm³/mol. The smallest absolute Gasteiger partial charge is 0.0938 e. The summed E-state index contributed by atoms with van der Waals surface area (Å²) >= 11 is 3.38. The first-order chi connectivity index (χ1) is 8.56. The number of halogens is 1. The van der Waals surface area contributed by atoms with Crippen molar-refractivity contribution < 1.29 is 15.3 Å². The summed E-state index contributed by atoms with van der Waals surface area (Å²) in [5.74, 6) is 0. The second-order valence-electron chi connectivity index (χ2n) is 4.75. The number of benzene rings is 1. The second-order valence-corrected chi connectivity index (χ2v) is 5.67. The molecule has 18 heavy (non-hydrogen) atoms. The molecule has 3 atom stereocenters. The average molecular weight is 316 g/mol. The molecule has 1 fully saturated rings. The highest BCUT2D eigenvalue weighted by molar-refractivity contribution is 9.10. The molecule has 4 nitrogen and oxygen atoms in total. The van der Waals surface area contributed by atoms with Crippen LogP contribution >= 0.6 is 15.9 Å². The zero-order valence-electron chi connectivity index (χ0n) is 10.0. The lowest BCUT2D eigenvalue weighted by Crippen LogP contribution is -2.24. The summed E-state index contributed by atoms with van der Waals surface area (Å²) < 4.78 is 0.950. The van der Waals surface area contributed by atoms with Gasteiger partial charge < -0.3 is 15.3 Å². The van der Waals surface area contributed by atoms with E-state index in [-0.39, 0.29) is 0 Å². The van der Waals surface area contributed by atoms with Gasteiger partial charge in [-0.05, 0) is 24.1 Å². The number of likely N-dealkylation sites (tertiary alicyclic amines) is 1. The molecule has 0 aromatic heterocycles. The van der Waals surface area contributed by atoms with Gasteiger partial charge in [0.2, 0.25) is 0 Å². The Kier molecular flexibility index (Phi) is 4.75. The maximum atomic E-state index is 10.1. The molecule has 1 aliphatic rings. The van der Waals surface area contributed by atoms with Crippen molar-refractivity contribution in [1.82, 2.24) is 4.90 Å². The lowest BCUT2D eigenvalue weighted by molar-refractivity contribution is 0.0572. The van der Waals surface area contributed by atoms with Crippen molar-refractivity contribution in [2.24, 2.45) is 0 Å². The Morgan fingerprint density at radius 1 is 1.28 bits per heavy atom. The Hall–Kier alpha value is -0.460. The van der Waals surface area contributed by atoms with Crippen molar-refractivity contribution >= 4 is 15.9 Å². The lowest BCUT2D eigenvalue weighted by Gasteiger charge is -2.17. The SMILES string of the molecule is OC(CCN1CC(O)C(O)C1)c1cccc(Br)c1. The third kappa shape index (κ3) is 3.52. The number of aliphatic hydroxyl groups excluding tert-OH is 3. The van der Waals surface area contributed by atoms with Crippen LogP contribution in [0.15, 0.2) is 28.7 Å². The van der Waals surface area contributed by atoms with Crippen LogP contribution in [0.3, 0.4) is 0 Å². The fraction of sp³-hybridized carbons (Fsp3) is 0.538. The van der Waals surface area contributed by atoms with Gasteiger partial charge in [-0.3, -0.25) is 4.90 Å². The summed E-state index contributed by atoms with van der Waals surface area (Å²) in [6.45, 7) is 1.63. The molecule has 0 spiro atoms. The topological polar surface area (TPSA) is 63.9 Å². The first kappa shape index (κ1) is 14.0. The minimum Gasteiger partial charge on any atom is -0.389 e. The highest BCUT2D eigenvalue weighted by Gasteiger charge is 2.29. The van der Waals surface area contributed by atoms with Gasteiger partial charge in [-0.2, -0.15) is 0 Å². The fourth-order valence-electron chi connectivity index (χ4n) is 2.21. The third-order valence-corrected chi connectivity index (χ3v) is 3.78. The molecular weight excluding hydrogens is 298 g/mol. The highest BCUT2D eigenvalue weighted by Crippen LogP contribution is 2.21. The summed E-state index contributed by atoms with van der Waals surface area (Å²) in [4.78, 5) is 1.97. The Labute approximate surface area is 115 Å². The minimum absolute atomic E-state index is 0.479. The minimum atomic E-state index is -0.659. The predicted octanol–water partition coefficient (Wildman–Crippen LogP) is 0.910. The van der Waals surface area contributed by atoms with E-state index in [9.17, 15) is 15.3 Å². The molecule has 0 bridgehead atoms. The van der Waals surface area contributed by atoms with E-state index in [1.54, 1.807) is 0 Å². The summed E-state index contributed by atoms with van der Waals surface area (Å²) in [5, 5.41) is 28.9. The maximum Gasteiger partial charge on any atom is 0.0938 e. The van der Waals surface area contributed by atoms with Crippen LogP contribution in [0.2, 0.25) is 0 Å². The van der Waals surface area contributed by atoms with Crippen LogP contribution in [0.5, 0.6) is 0 Å². The quantitative estimate of drug-likeness (QED) is 0.773. The zero-order chi connectivity index (χ0) is 13.1. The lowest BCUT2D eigenvalue weighted by atomic mass is 10.1. The standard InChI is InChI=1S/C13H18BrNO3/c14-10-3-1-2-9(6-10)11(16)4-5-15-7-12(17)13(18)8-15/h1-3,6,11-13,16-18H,4-5,7-8H2. The van der Waals surface area contributed by atoms with Crippen molar-refractivity contribution in [3.05, 3.63) is 34.3 Å². The fourth-order valence-corrected chi connectivity index (χ4v) is 2.63. The van der Waals surface area contributed by atoms with E-state index in [1.165, 1.54) is 0 Å². The number of hydrogen-bond acceptors (Lipinski definition) is 4. The molecule has 3 N–H and O–H groups in total. The van der Waals surface area contributed by atoms with E-state index in [0.717, 1.165) is 10.0 Å². The Morgan fingerprint density at radius 3 is 2.56 bits per heavy atom. The monoisotopic (exact) mass is 315 g/mol. The zero-order valence-corrected chi connectivity index (χ0v) is 11.6. The van der Waals surface area contributed by atoms with E-state index in [2.05, 4.69) is 15.9 Å². The molecule has 0 saturated carbocycles. The van der Waals surface area contributed by atoms with Gasteiger partial charge in [0, 0.05) is 24.1 Å². The molecule has 0 radical (unpaired) electrons. The van der Waals surface area contributed by atoms with Crippen molar-refractivity contribution in [2.45, 2.75) is 24.7 Å². The molecule has 0 aliphatic carbocycles. The third-order valence-electron chi connectivity index (χ3n) is 3.29. The van der Waals surface area contributed by atoms with E-state index in [1.807, 2.05) is 29.2 Å². The van der Waals surface area contributed by atoms with Gasteiger partial charge in [0.25, 0.3) is 0 Å². The van der Waals surface area contributed by atoms with Crippen molar-refractivity contribution in [3.8, 4) is 0 Å². The largest absolute Gasteiger partial charge is 0.389 e. The number of aliphatic hydroxyl groups is 3. The summed E-state index contributed by atoms with van der Waals surface area (Å²) in [6, 6.07) is 7.61. The molecule has 100 valence electrons. The Balaban J connectivity index is 1.83. The Bertz CT molecular complexity index is 392. The van der Waals surface area contributed by atoms with E-state index in [4.69, 9.17) is 0 Å². The molecule has 1 heterocycles. The molecule has 5 heteroatoms. The van der Waals surface area contributed by atoms with Gasteiger partial charge in [-0.15, -0.1) is 0 Å². The molecule has 0 amide bonds. The first-order valence-corrected chi connectivity index (χ1v) is 6.87. The molecular formula is C13H18BrNO3. The van der Waals surface area contributed by atoms with E-state index < -0.39 is 18.3 Å². The van der Waals surface area contributed by atoms with Crippen LogP contribution in [0, 0.1) is 0 Å². The van der Waals surface area contributed by atoms with Gasteiger partial charge in [0.1, 0.15) is 0 Å². The van der Waals surface area contributed by atoms with E-state index >= 15 is 0 Å². The normalized spacial score (nSPS) is 26.4. The summed E-state index contributed by atoms with van der Waals surface area (Å²) in [5.41, 5.74) is 0.879. The molecule has 1 aliphatic heterocycles. The molecule has 1 saturated heterocycles. The van der Waals surface area contributed by atoms with Gasteiger partial charge in [0.05, 0.1) is 18.3 Å². The van der Waals surface area contributed by atoms with Gasteiger partial charge >= 0.3 is 0 Å². The highest BCUT2D eigenvalue weighted by atomic mass is 79.9. The van der Waals surface area contributed by atoms with Crippen LogP contribution in [0.25, 0.3) is 0 Å². The van der Waals surface area contributed by atoms with Crippen LogP contribution < -0.4 is 0 Å². The number of hydrogen-bond donors (Lipinski definition) is 3. The first-order valence-electron chi connectivity index (χ1n) is 6.08. The van der Waals surface area contributed by atoms with Gasteiger partial charge in [-0.1, -0.05) is 28.1 Å². The summed E-state index contributed by atoms with van der Waals surface area (Å²) in [6.07, 6.45) is -1.24. The number of nitrogens with zero attached hydrogens (tertiary/aromatic N) is 1. The van der Waals surface area contributed by atoms with Gasteiger partial charge in [-0.25, -0.2) is 0 Å². The van der Waals surface area contributed by atoms with E-state index in [0.29, 0.717) is 26.1 Å². The number of rotatable bonds is 4. The summed E-state index contributed by atoms with van der Waals surface area (Å²) in [7, 11) is 0. The Morgan fingerprint density at radius 2 is 1.94 bits per heavy atom. The molecule has 3 unspecified atom stereocenters. The molecule has 2 rings (SSSR count). The van der Waals surface area contributed by atoms with Gasteiger partial charge in [0.15, 0.2) is 0 Å². The van der Waals surface area contributed by atoms with Crippen molar-refractivity contribution in [1.29, 1.82) is 0 Å². The van der Waals surface area contributed by atoms with Crippen LogP contribution in [-0.4, -0.2) is 52.1 Å². The second kappa shape index (κ2) is 6.12. The van der Waals surface area contributed by atoms with Crippen molar-refractivity contribution in [2.75, 3.05) is 19.6 Å². The van der Waals surface area contributed by atoms with Crippen LogP contribution in [-0.2, 0) is 0 Å².